The summed E-state index contributed by atoms with van der Waals surface area (Å²) in [5.74, 6) is 2.23. The zero-order chi connectivity index (χ0) is 27.8. The van der Waals surface area contributed by atoms with Gasteiger partial charge in [-0.2, -0.15) is 10.4 Å². The van der Waals surface area contributed by atoms with Gasteiger partial charge in [0.1, 0.15) is 11.9 Å². The predicted molar refractivity (Wildman–Crippen MR) is 156 cm³/mol. The Morgan fingerprint density at radius 3 is 2.63 bits per heavy atom. The molecule has 4 fully saturated rings. The number of piperidine rings is 1. The lowest BCUT2D eigenvalue weighted by atomic mass is 9.87. The molecule has 2 unspecified atom stereocenters. The van der Waals surface area contributed by atoms with E-state index in [9.17, 15) is 5.26 Å². The van der Waals surface area contributed by atoms with Gasteiger partial charge >= 0.3 is 0 Å². The minimum atomic E-state index is 0.514. The predicted octanol–water partition coefficient (Wildman–Crippen LogP) is 3.97. The Labute approximate surface area is 239 Å². The van der Waals surface area contributed by atoms with E-state index < -0.39 is 0 Å². The van der Waals surface area contributed by atoms with Gasteiger partial charge in [0.2, 0.25) is 5.88 Å². The second-order valence-electron chi connectivity index (χ2n) is 11.3. The number of ether oxygens (including phenoxy) is 2. The van der Waals surface area contributed by atoms with Crippen molar-refractivity contribution >= 4 is 17.0 Å². The molecule has 10 nitrogen and oxygen atoms in total. The quantitative estimate of drug-likeness (QED) is 0.349. The van der Waals surface area contributed by atoms with Gasteiger partial charge in [-0.15, -0.1) is 0 Å². The number of anilines is 2. The first-order valence-electron chi connectivity index (χ1n) is 14.4. The molecule has 0 amide bonds. The lowest BCUT2D eigenvalue weighted by Crippen LogP contribution is -2.68. The molecule has 0 aromatic carbocycles. The molecule has 8 heterocycles. The minimum Gasteiger partial charge on any atom is -0.481 e. The van der Waals surface area contributed by atoms with E-state index in [4.69, 9.17) is 14.5 Å². The Kier molecular flexibility index (Phi) is 6.90. The van der Waals surface area contributed by atoms with E-state index in [-0.39, 0.29) is 0 Å². The first kappa shape index (κ1) is 25.7. The summed E-state index contributed by atoms with van der Waals surface area (Å²) in [7, 11) is 1.64. The van der Waals surface area contributed by atoms with Crippen molar-refractivity contribution in [2.75, 3.05) is 50.2 Å². The number of nitrogens with zero attached hydrogens (tertiary/aromatic N) is 7. The van der Waals surface area contributed by atoms with Crippen LogP contribution in [0.3, 0.4) is 0 Å². The van der Waals surface area contributed by atoms with Crippen LogP contribution in [0.2, 0.25) is 0 Å². The number of methoxy groups -OCH3 is 1. The van der Waals surface area contributed by atoms with Gasteiger partial charge in [-0.25, -0.2) is 14.5 Å². The second kappa shape index (κ2) is 11.0. The van der Waals surface area contributed by atoms with E-state index in [1.165, 1.54) is 12.0 Å². The van der Waals surface area contributed by atoms with Crippen LogP contribution in [0.5, 0.6) is 5.88 Å². The number of nitriles is 1. The summed E-state index contributed by atoms with van der Waals surface area (Å²) in [5, 5.41) is 17.8. The van der Waals surface area contributed by atoms with Crippen molar-refractivity contribution in [2.45, 2.75) is 37.9 Å². The van der Waals surface area contributed by atoms with Crippen molar-refractivity contribution in [1.82, 2.24) is 24.5 Å². The van der Waals surface area contributed by atoms with Crippen molar-refractivity contribution in [3.63, 3.8) is 0 Å². The number of hydrogen-bond acceptors (Lipinski definition) is 9. The molecule has 0 aliphatic carbocycles. The normalized spacial score (nSPS) is 20.9. The Hall–Kier alpha value is -4.20. The number of pyridine rings is 3. The minimum absolute atomic E-state index is 0.514. The van der Waals surface area contributed by atoms with E-state index in [0.717, 1.165) is 80.4 Å². The number of piperazine rings is 1. The fraction of sp³-hybridized carbons (Fsp3) is 0.419. The maximum Gasteiger partial charge on any atom is 0.212 e. The van der Waals surface area contributed by atoms with Crippen LogP contribution in [0, 0.1) is 17.2 Å². The average Bonchev–Trinajstić information content (AvgIpc) is 3.46. The summed E-state index contributed by atoms with van der Waals surface area (Å²) in [4.78, 5) is 14.2. The lowest BCUT2D eigenvalue weighted by molar-refractivity contribution is -0.00876. The van der Waals surface area contributed by atoms with Crippen LogP contribution in [0.1, 0.15) is 30.4 Å². The highest BCUT2D eigenvalue weighted by Gasteiger charge is 2.44. The van der Waals surface area contributed by atoms with Gasteiger partial charge in [-0.05, 0) is 48.9 Å². The van der Waals surface area contributed by atoms with E-state index in [1.807, 2.05) is 24.7 Å². The third-order valence-corrected chi connectivity index (χ3v) is 8.77. The standard InChI is InChI=1S/C31H34N8O2/c1-40-30-5-2-22(14-35-30)17-38-26-11-27(38)20-37(19-26)29-4-3-23(15-34-29)28-10-25(33-13-21-6-8-41-9-7-21)18-39-31(28)24(12-32)16-36-39/h2-5,10,14-16,18,21,26-27,33H,6-9,11,13,17,19-20H2,1H3. The number of fused-ring (bicyclic) bond motifs is 3. The molecule has 4 aromatic heterocycles. The first-order valence-corrected chi connectivity index (χ1v) is 14.4. The first-order chi connectivity index (χ1) is 20.2. The molecule has 210 valence electrons. The molecule has 0 spiro atoms. The average molecular weight is 551 g/mol. The third kappa shape index (κ3) is 5.07. The Morgan fingerprint density at radius 1 is 1.07 bits per heavy atom. The van der Waals surface area contributed by atoms with Crippen LogP contribution in [0.15, 0.2) is 55.1 Å². The van der Waals surface area contributed by atoms with E-state index >= 15 is 0 Å². The summed E-state index contributed by atoms with van der Waals surface area (Å²) >= 11 is 0. The van der Waals surface area contributed by atoms with Crippen molar-refractivity contribution in [2.24, 2.45) is 5.92 Å². The molecular formula is C31H34N8O2. The van der Waals surface area contributed by atoms with Crippen LogP contribution in [-0.2, 0) is 11.3 Å². The number of nitrogens with one attached hydrogen (secondary N) is 1. The zero-order valence-corrected chi connectivity index (χ0v) is 23.2. The van der Waals surface area contributed by atoms with E-state index in [1.54, 1.807) is 17.8 Å². The molecule has 1 N–H and O–H groups in total. The molecule has 4 aliphatic rings. The third-order valence-electron chi connectivity index (χ3n) is 8.77. The summed E-state index contributed by atoms with van der Waals surface area (Å²) in [6.45, 7) is 5.38. The van der Waals surface area contributed by atoms with Crippen LogP contribution in [0.25, 0.3) is 16.6 Å². The van der Waals surface area contributed by atoms with Gasteiger partial charge in [-0.3, -0.25) is 4.90 Å². The monoisotopic (exact) mass is 550 g/mol. The van der Waals surface area contributed by atoms with Crippen molar-refractivity contribution in [1.29, 1.82) is 5.26 Å². The van der Waals surface area contributed by atoms with Crippen LogP contribution in [-0.4, -0.2) is 76.5 Å². The smallest absolute Gasteiger partial charge is 0.212 e. The fourth-order valence-corrected chi connectivity index (χ4v) is 6.43. The van der Waals surface area contributed by atoms with E-state index in [0.29, 0.717) is 29.4 Å². The highest BCUT2D eigenvalue weighted by atomic mass is 16.5. The molecule has 41 heavy (non-hydrogen) atoms. The van der Waals surface area contributed by atoms with Crippen LogP contribution >= 0.6 is 0 Å². The van der Waals surface area contributed by atoms with Gasteiger partial charge in [0.25, 0.3) is 0 Å². The SMILES string of the molecule is COc1ccc(CN2C3CC2CN(c2ccc(-c4cc(NCC5CCOCC5)cn5ncc(C#N)c45)cn2)C3)cn1. The van der Waals surface area contributed by atoms with E-state index in [2.05, 4.69) is 55.5 Å². The fourth-order valence-electron chi connectivity index (χ4n) is 6.43. The maximum atomic E-state index is 9.75. The molecule has 8 rings (SSSR count). The summed E-state index contributed by atoms with van der Waals surface area (Å²) < 4.78 is 12.5. The second-order valence-corrected chi connectivity index (χ2v) is 11.3. The van der Waals surface area contributed by atoms with Crippen molar-refractivity contribution < 1.29 is 9.47 Å². The van der Waals surface area contributed by atoms with Gasteiger partial charge in [0.15, 0.2) is 0 Å². The molecule has 4 aliphatic heterocycles. The summed E-state index contributed by atoms with van der Waals surface area (Å²) in [5.41, 5.74) is 5.49. The summed E-state index contributed by atoms with van der Waals surface area (Å²) in [6, 6.07) is 13.7. The molecule has 0 radical (unpaired) electrons. The van der Waals surface area contributed by atoms with Crippen molar-refractivity contribution in [3.8, 4) is 23.1 Å². The molecule has 0 saturated carbocycles. The van der Waals surface area contributed by atoms with Crippen LogP contribution < -0.4 is 15.0 Å². The Bertz CT molecular complexity index is 1540. The van der Waals surface area contributed by atoms with Crippen molar-refractivity contribution in [3.05, 3.63) is 66.2 Å². The molecular weight excluding hydrogens is 516 g/mol. The van der Waals surface area contributed by atoms with Gasteiger partial charge in [0, 0.05) is 81.1 Å². The van der Waals surface area contributed by atoms with Gasteiger partial charge in [0.05, 0.1) is 36.3 Å². The molecule has 4 saturated heterocycles. The van der Waals surface area contributed by atoms with Gasteiger partial charge < -0.3 is 19.7 Å². The highest BCUT2D eigenvalue weighted by molar-refractivity contribution is 5.86. The zero-order valence-electron chi connectivity index (χ0n) is 23.2. The Balaban J connectivity index is 1.07. The topological polar surface area (TPSA) is 104 Å². The van der Waals surface area contributed by atoms with Crippen LogP contribution in [0.4, 0.5) is 11.5 Å². The number of rotatable bonds is 8. The molecule has 10 heteroatoms. The maximum absolute atomic E-state index is 9.75. The highest BCUT2D eigenvalue weighted by Crippen LogP contribution is 2.36. The molecule has 2 atom stereocenters. The summed E-state index contributed by atoms with van der Waals surface area (Å²) in [6.07, 6.45) is 10.8. The molecule has 4 aromatic rings. The van der Waals surface area contributed by atoms with Gasteiger partial charge in [-0.1, -0.05) is 6.07 Å². The lowest BCUT2D eigenvalue weighted by Gasteiger charge is -2.56. The number of hydrogen-bond donors (Lipinski definition) is 1. The Morgan fingerprint density at radius 2 is 1.93 bits per heavy atom. The molecule has 2 bridgehead atoms. The number of aromatic nitrogens is 4. The largest absolute Gasteiger partial charge is 0.481 e.